The van der Waals surface area contributed by atoms with Crippen molar-refractivity contribution in [2.45, 2.75) is 6.54 Å². The first-order valence-corrected chi connectivity index (χ1v) is 10.1. The standard InChI is InChI=1S/C22H22FN3O3S/c1-28-20-7-2-15(12-16(20)14-25-8-10-29-11-9-25)13-19-21(27)26(22(30)24-19)18-5-3-17(23)4-6-18/h2-7,12-13H,8-11,14H2,1H3,(H,24,30)/b19-13+. The van der Waals surface area contributed by atoms with Crippen molar-refractivity contribution in [3.63, 3.8) is 0 Å². The number of rotatable bonds is 5. The Labute approximate surface area is 179 Å². The molecule has 1 N–H and O–H groups in total. The Morgan fingerprint density at radius 2 is 1.93 bits per heavy atom. The minimum absolute atomic E-state index is 0.264. The number of morpholine rings is 1. The number of nitrogens with zero attached hydrogens (tertiary/aromatic N) is 2. The third-order valence-corrected chi connectivity index (χ3v) is 5.36. The molecule has 2 aliphatic heterocycles. The SMILES string of the molecule is COc1ccc(/C=C2/NC(=S)N(c3ccc(F)cc3)C2=O)cc1CN1CCOCC1. The first-order chi connectivity index (χ1) is 14.5. The van der Waals surface area contributed by atoms with E-state index in [1.165, 1.54) is 29.2 Å². The lowest BCUT2D eigenvalue weighted by atomic mass is 10.1. The lowest BCUT2D eigenvalue weighted by Gasteiger charge is -2.27. The number of hydrogen-bond acceptors (Lipinski definition) is 5. The van der Waals surface area contributed by atoms with Crippen molar-refractivity contribution in [3.8, 4) is 5.75 Å². The number of carbonyl (C=O) groups excluding carboxylic acids is 1. The van der Waals surface area contributed by atoms with Crippen LogP contribution in [0.2, 0.25) is 0 Å². The molecule has 2 fully saturated rings. The van der Waals surface area contributed by atoms with Crippen LogP contribution < -0.4 is 15.0 Å². The Balaban J connectivity index is 1.58. The predicted molar refractivity (Wildman–Crippen MR) is 117 cm³/mol. The van der Waals surface area contributed by atoms with E-state index in [9.17, 15) is 9.18 Å². The molecule has 0 spiro atoms. The zero-order chi connectivity index (χ0) is 21.1. The van der Waals surface area contributed by atoms with Gasteiger partial charge in [-0.1, -0.05) is 6.07 Å². The average Bonchev–Trinajstić information content (AvgIpc) is 3.03. The molecule has 4 rings (SSSR count). The summed E-state index contributed by atoms with van der Waals surface area (Å²) in [7, 11) is 1.65. The Morgan fingerprint density at radius 3 is 2.63 bits per heavy atom. The van der Waals surface area contributed by atoms with E-state index in [2.05, 4.69) is 10.2 Å². The van der Waals surface area contributed by atoms with Crippen LogP contribution in [-0.4, -0.2) is 49.3 Å². The van der Waals surface area contributed by atoms with Crippen molar-refractivity contribution in [1.29, 1.82) is 0 Å². The molecule has 0 bridgehead atoms. The second kappa shape index (κ2) is 8.91. The summed E-state index contributed by atoms with van der Waals surface area (Å²) in [4.78, 5) is 16.6. The zero-order valence-electron chi connectivity index (χ0n) is 16.6. The van der Waals surface area contributed by atoms with Gasteiger partial charge in [0.25, 0.3) is 5.91 Å². The van der Waals surface area contributed by atoms with Crippen LogP contribution in [0.4, 0.5) is 10.1 Å². The topological polar surface area (TPSA) is 54.0 Å². The normalized spacial score (nSPS) is 18.7. The lowest BCUT2D eigenvalue weighted by Crippen LogP contribution is -2.35. The average molecular weight is 428 g/mol. The molecule has 1 amide bonds. The molecule has 2 aromatic carbocycles. The van der Waals surface area contributed by atoms with Crippen LogP contribution in [0.25, 0.3) is 6.08 Å². The maximum Gasteiger partial charge on any atom is 0.281 e. The molecule has 0 radical (unpaired) electrons. The number of halogens is 1. The van der Waals surface area contributed by atoms with Gasteiger partial charge in [-0.3, -0.25) is 14.6 Å². The molecule has 2 saturated heterocycles. The lowest BCUT2D eigenvalue weighted by molar-refractivity contribution is -0.113. The fraction of sp³-hybridized carbons (Fsp3) is 0.273. The zero-order valence-corrected chi connectivity index (χ0v) is 17.4. The van der Waals surface area contributed by atoms with E-state index < -0.39 is 0 Å². The fourth-order valence-corrected chi connectivity index (χ4v) is 3.84. The van der Waals surface area contributed by atoms with E-state index in [0.29, 0.717) is 11.4 Å². The second-order valence-corrected chi connectivity index (χ2v) is 7.45. The van der Waals surface area contributed by atoms with E-state index in [1.54, 1.807) is 13.2 Å². The minimum atomic E-state index is -0.369. The first-order valence-electron chi connectivity index (χ1n) is 9.65. The molecule has 6 nitrogen and oxygen atoms in total. The summed E-state index contributed by atoms with van der Waals surface area (Å²) >= 11 is 5.32. The van der Waals surface area contributed by atoms with Crippen LogP contribution in [0.1, 0.15) is 11.1 Å². The molecule has 2 aliphatic rings. The monoisotopic (exact) mass is 427 g/mol. The second-order valence-electron chi connectivity index (χ2n) is 7.06. The highest BCUT2D eigenvalue weighted by Gasteiger charge is 2.32. The molecular weight excluding hydrogens is 405 g/mol. The summed E-state index contributed by atoms with van der Waals surface area (Å²) < 4.78 is 24.1. The van der Waals surface area contributed by atoms with Gasteiger partial charge in [-0.15, -0.1) is 0 Å². The highest BCUT2D eigenvalue weighted by Crippen LogP contribution is 2.26. The van der Waals surface area contributed by atoms with Gasteiger partial charge in [-0.05, 0) is 60.3 Å². The van der Waals surface area contributed by atoms with Gasteiger partial charge in [0.15, 0.2) is 5.11 Å². The van der Waals surface area contributed by atoms with Crippen molar-refractivity contribution in [2.75, 3.05) is 38.3 Å². The summed E-state index contributed by atoms with van der Waals surface area (Å²) in [6.07, 6.45) is 1.76. The van der Waals surface area contributed by atoms with Gasteiger partial charge in [0.1, 0.15) is 17.3 Å². The molecule has 0 aliphatic carbocycles. The first kappa shape index (κ1) is 20.5. The molecule has 30 heavy (non-hydrogen) atoms. The van der Waals surface area contributed by atoms with Crippen molar-refractivity contribution in [1.82, 2.24) is 10.2 Å². The number of hydrogen-bond donors (Lipinski definition) is 1. The van der Waals surface area contributed by atoms with Gasteiger partial charge < -0.3 is 14.8 Å². The van der Waals surface area contributed by atoms with Crippen LogP contribution in [-0.2, 0) is 16.1 Å². The Kier molecular flexibility index (Phi) is 6.08. The smallest absolute Gasteiger partial charge is 0.281 e. The van der Waals surface area contributed by atoms with Gasteiger partial charge in [-0.25, -0.2) is 4.39 Å². The Morgan fingerprint density at radius 1 is 1.20 bits per heavy atom. The van der Waals surface area contributed by atoms with Gasteiger partial charge >= 0.3 is 0 Å². The van der Waals surface area contributed by atoms with E-state index >= 15 is 0 Å². The molecule has 2 aromatic rings. The summed E-state index contributed by atoms with van der Waals surface area (Å²) in [6, 6.07) is 11.5. The number of benzene rings is 2. The van der Waals surface area contributed by atoms with E-state index in [4.69, 9.17) is 21.7 Å². The van der Waals surface area contributed by atoms with Gasteiger partial charge in [0.2, 0.25) is 0 Å². The molecule has 0 unspecified atom stereocenters. The molecule has 8 heteroatoms. The van der Waals surface area contributed by atoms with Crippen molar-refractivity contribution >= 4 is 35.0 Å². The molecule has 156 valence electrons. The van der Waals surface area contributed by atoms with E-state index in [1.807, 2.05) is 18.2 Å². The van der Waals surface area contributed by atoms with Crippen LogP contribution in [0.5, 0.6) is 5.75 Å². The third kappa shape index (κ3) is 4.35. The quantitative estimate of drug-likeness (QED) is 0.585. The summed E-state index contributed by atoms with van der Waals surface area (Å²) in [5.41, 5.74) is 2.78. The number of carbonyl (C=O) groups is 1. The van der Waals surface area contributed by atoms with Crippen molar-refractivity contribution in [2.24, 2.45) is 0 Å². The Bertz CT molecular complexity index is 988. The van der Waals surface area contributed by atoms with Gasteiger partial charge in [-0.2, -0.15) is 0 Å². The Hall–Kier alpha value is -2.81. The number of ether oxygens (including phenoxy) is 2. The van der Waals surface area contributed by atoms with Crippen LogP contribution >= 0.6 is 12.2 Å². The molecule has 0 atom stereocenters. The van der Waals surface area contributed by atoms with Gasteiger partial charge in [0, 0.05) is 25.2 Å². The maximum atomic E-state index is 13.2. The molecular formula is C22H22FN3O3S. The van der Waals surface area contributed by atoms with E-state index in [-0.39, 0.29) is 16.8 Å². The maximum absolute atomic E-state index is 13.2. The highest BCUT2D eigenvalue weighted by atomic mass is 32.1. The van der Waals surface area contributed by atoms with Crippen molar-refractivity contribution < 1.29 is 18.7 Å². The number of nitrogens with one attached hydrogen (secondary N) is 1. The number of amides is 1. The predicted octanol–water partition coefficient (Wildman–Crippen LogP) is 2.93. The van der Waals surface area contributed by atoms with Crippen LogP contribution in [0.15, 0.2) is 48.2 Å². The number of thiocarbonyl (C=S) groups is 1. The highest BCUT2D eigenvalue weighted by molar-refractivity contribution is 7.80. The minimum Gasteiger partial charge on any atom is -0.496 e. The summed E-state index contributed by atoms with van der Waals surface area (Å²) in [5.74, 6) is 0.154. The van der Waals surface area contributed by atoms with Crippen LogP contribution in [0.3, 0.4) is 0 Å². The molecule has 0 aromatic heterocycles. The fourth-order valence-electron chi connectivity index (χ4n) is 3.54. The summed E-state index contributed by atoms with van der Waals surface area (Å²) in [5, 5.41) is 3.23. The largest absolute Gasteiger partial charge is 0.496 e. The van der Waals surface area contributed by atoms with E-state index in [0.717, 1.165) is 49.7 Å². The number of anilines is 1. The van der Waals surface area contributed by atoms with Crippen LogP contribution in [0, 0.1) is 5.82 Å². The summed E-state index contributed by atoms with van der Waals surface area (Å²) in [6.45, 7) is 3.93. The number of methoxy groups -OCH3 is 1. The van der Waals surface area contributed by atoms with Gasteiger partial charge in [0.05, 0.1) is 26.0 Å². The van der Waals surface area contributed by atoms with Crippen molar-refractivity contribution in [3.05, 3.63) is 65.1 Å². The molecule has 2 heterocycles. The third-order valence-electron chi connectivity index (χ3n) is 5.08. The molecule has 0 saturated carbocycles.